The number of hydrogen-bond acceptors (Lipinski definition) is 2. The molecule has 0 aromatic heterocycles. The summed E-state index contributed by atoms with van der Waals surface area (Å²) in [6.07, 6.45) is 0.268. The first-order valence-electron chi connectivity index (χ1n) is 5.20. The number of carbonyl (C=O) groups is 1. The Bertz CT molecular complexity index is 392. The minimum Gasteiger partial charge on any atom is -0.508 e. The van der Waals surface area contributed by atoms with E-state index in [-0.39, 0.29) is 23.6 Å². The standard InChI is InChI=1S/C12H15Br2NO2/c1-12(7-13,8-14)15-11(17)6-9-3-2-4-10(16)5-9/h2-5,16H,6-8H2,1H3,(H,15,17). The largest absolute Gasteiger partial charge is 0.508 e. The monoisotopic (exact) mass is 363 g/mol. The van der Waals surface area contributed by atoms with Crippen LogP contribution in [0, 0.1) is 0 Å². The molecule has 3 nitrogen and oxygen atoms in total. The fourth-order valence-corrected chi connectivity index (χ4v) is 2.54. The maximum Gasteiger partial charge on any atom is 0.224 e. The number of carbonyl (C=O) groups excluding carboxylic acids is 1. The second kappa shape index (κ2) is 6.40. The van der Waals surface area contributed by atoms with E-state index in [2.05, 4.69) is 37.2 Å². The number of rotatable bonds is 5. The molecule has 0 aliphatic rings. The summed E-state index contributed by atoms with van der Waals surface area (Å²) >= 11 is 6.75. The van der Waals surface area contributed by atoms with E-state index >= 15 is 0 Å². The highest BCUT2D eigenvalue weighted by atomic mass is 79.9. The molecular weight excluding hydrogens is 350 g/mol. The second-order valence-corrected chi connectivity index (χ2v) is 5.34. The normalized spacial score (nSPS) is 11.2. The zero-order valence-electron chi connectivity index (χ0n) is 9.54. The molecule has 1 amide bonds. The molecule has 0 spiro atoms. The quantitative estimate of drug-likeness (QED) is 0.789. The van der Waals surface area contributed by atoms with Gasteiger partial charge in [-0.2, -0.15) is 0 Å². The van der Waals surface area contributed by atoms with Gasteiger partial charge in [0.2, 0.25) is 5.91 Å². The molecule has 1 aromatic rings. The fraction of sp³-hybridized carbons (Fsp3) is 0.417. The second-order valence-electron chi connectivity index (χ2n) is 4.22. The van der Waals surface area contributed by atoms with E-state index in [1.165, 1.54) is 0 Å². The number of hydrogen-bond donors (Lipinski definition) is 2. The third-order valence-electron chi connectivity index (χ3n) is 2.31. The van der Waals surface area contributed by atoms with E-state index in [1.54, 1.807) is 18.2 Å². The van der Waals surface area contributed by atoms with Crippen molar-refractivity contribution in [2.24, 2.45) is 0 Å². The maximum absolute atomic E-state index is 11.8. The summed E-state index contributed by atoms with van der Waals surface area (Å²) in [5.41, 5.74) is 0.502. The lowest BCUT2D eigenvalue weighted by molar-refractivity contribution is -0.121. The van der Waals surface area contributed by atoms with Gasteiger partial charge in [-0.3, -0.25) is 4.79 Å². The Morgan fingerprint density at radius 1 is 1.41 bits per heavy atom. The average Bonchev–Trinajstić information content (AvgIpc) is 2.28. The molecule has 0 bridgehead atoms. The Hall–Kier alpha value is -0.550. The predicted molar refractivity (Wildman–Crippen MR) is 75.9 cm³/mol. The van der Waals surface area contributed by atoms with Gasteiger partial charge in [-0.05, 0) is 24.6 Å². The average molecular weight is 365 g/mol. The van der Waals surface area contributed by atoms with Crippen LogP contribution in [0.1, 0.15) is 12.5 Å². The SMILES string of the molecule is CC(CBr)(CBr)NC(=O)Cc1cccc(O)c1. The highest BCUT2D eigenvalue weighted by Crippen LogP contribution is 2.14. The zero-order valence-corrected chi connectivity index (χ0v) is 12.7. The number of phenols is 1. The van der Waals surface area contributed by atoms with E-state index in [9.17, 15) is 9.90 Å². The van der Waals surface area contributed by atoms with Crippen LogP contribution >= 0.6 is 31.9 Å². The number of alkyl halides is 2. The van der Waals surface area contributed by atoms with Gasteiger partial charge in [0.15, 0.2) is 0 Å². The van der Waals surface area contributed by atoms with E-state index in [0.29, 0.717) is 10.7 Å². The Kier molecular flexibility index (Phi) is 5.46. The highest BCUT2D eigenvalue weighted by Gasteiger charge is 2.23. The lowest BCUT2D eigenvalue weighted by Gasteiger charge is -2.26. The number of aromatic hydroxyl groups is 1. The number of benzene rings is 1. The topological polar surface area (TPSA) is 49.3 Å². The van der Waals surface area contributed by atoms with E-state index in [1.807, 2.05) is 13.0 Å². The first-order chi connectivity index (χ1) is 7.99. The van der Waals surface area contributed by atoms with Crippen molar-refractivity contribution in [1.29, 1.82) is 0 Å². The fourth-order valence-electron chi connectivity index (χ4n) is 1.34. The number of phenolic OH excluding ortho intramolecular Hbond substituents is 1. The molecule has 1 aromatic carbocycles. The van der Waals surface area contributed by atoms with Gasteiger partial charge in [0.05, 0.1) is 12.0 Å². The van der Waals surface area contributed by atoms with E-state index in [4.69, 9.17) is 0 Å². The zero-order chi connectivity index (χ0) is 12.9. The van der Waals surface area contributed by atoms with E-state index < -0.39 is 0 Å². The maximum atomic E-state index is 11.8. The van der Waals surface area contributed by atoms with Gasteiger partial charge >= 0.3 is 0 Å². The lowest BCUT2D eigenvalue weighted by Crippen LogP contribution is -2.49. The lowest BCUT2D eigenvalue weighted by atomic mass is 10.1. The van der Waals surface area contributed by atoms with Crippen LogP contribution in [0.15, 0.2) is 24.3 Å². The summed E-state index contributed by atoms with van der Waals surface area (Å²) in [6.45, 7) is 1.96. The summed E-state index contributed by atoms with van der Waals surface area (Å²) in [4.78, 5) is 11.8. The van der Waals surface area contributed by atoms with Gasteiger partial charge in [-0.25, -0.2) is 0 Å². The third-order valence-corrected chi connectivity index (χ3v) is 4.78. The van der Waals surface area contributed by atoms with Gasteiger partial charge in [0, 0.05) is 10.7 Å². The van der Waals surface area contributed by atoms with Crippen molar-refractivity contribution >= 4 is 37.8 Å². The molecule has 0 atom stereocenters. The molecule has 1 rings (SSSR count). The molecule has 0 unspecified atom stereocenters. The van der Waals surface area contributed by atoms with Crippen molar-refractivity contribution in [2.75, 3.05) is 10.7 Å². The first-order valence-corrected chi connectivity index (χ1v) is 7.44. The summed E-state index contributed by atoms with van der Waals surface area (Å²) in [5, 5.41) is 13.6. The molecular formula is C12H15Br2NO2. The third kappa shape index (κ3) is 4.68. The predicted octanol–water partition coefficient (Wildman–Crippen LogP) is 2.60. The summed E-state index contributed by atoms with van der Waals surface area (Å²) in [7, 11) is 0. The van der Waals surface area contributed by atoms with Crippen LogP contribution in [0.2, 0.25) is 0 Å². The van der Waals surface area contributed by atoms with Crippen molar-refractivity contribution in [1.82, 2.24) is 5.32 Å². The molecule has 2 N–H and O–H groups in total. The highest BCUT2D eigenvalue weighted by molar-refractivity contribution is 9.09. The van der Waals surface area contributed by atoms with Gasteiger partial charge < -0.3 is 10.4 Å². The van der Waals surface area contributed by atoms with Crippen LogP contribution < -0.4 is 5.32 Å². The summed E-state index contributed by atoms with van der Waals surface area (Å²) < 4.78 is 0. The molecule has 0 fully saturated rings. The van der Waals surface area contributed by atoms with Crippen molar-refractivity contribution in [3.05, 3.63) is 29.8 Å². The van der Waals surface area contributed by atoms with Crippen LogP contribution in [0.3, 0.4) is 0 Å². The molecule has 0 saturated carbocycles. The van der Waals surface area contributed by atoms with Crippen LogP contribution in [0.25, 0.3) is 0 Å². The molecule has 17 heavy (non-hydrogen) atoms. The Labute approximate surface area is 118 Å². The molecule has 94 valence electrons. The Balaban J connectivity index is 2.61. The van der Waals surface area contributed by atoms with Crippen LogP contribution in [0.5, 0.6) is 5.75 Å². The van der Waals surface area contributed by atoms with Crippen molar-refractivity contribution < 1.29 is 9.90 Å². The van der Waals surface area contributed by atoms with Gasteiger partial charge in [-0.15, -0.1) is 0 Å². The van der Waals surface area contributed by atoms with Crippen molar-refractivity contribution in [3.8, 4) is 5.75 Å². The number of nitrogens with one attached hydrogen (secondary N) is 1. The van der Waals surface area contributed by atoms with Crippen molar-refractivity contribution in [3.63, 3.8) is 0 Å². The van der Waals surface area contributed by atoms with Gasteiger partial charge in [0.25, 0.3) is 0 Å². The van der Waals surface area contributed by atoms with Gasteiger partial charge in [0.1, 0.15) is 5.75 Å². The minimum atomic E-state index is -0.298. The van der Waals surface area contributed by atoms with Crippen LogP contribution in [-0.4, -0.2) is 27.2 Å². The molecule has 0 heterocycles. The van der Waals surface area contributed by atoms with Crippen LogP contribution in [0.4, 0.5) is 0 Å². The molecule has 0 aliphatic heterocycles. The minimum absolute atomic E-state index is 0.0583. The smallest absolute Gasteiger partial charge is 0.224 e. The van der Waals surface area contributed by atoms with Crippen LogP contribution in [-0.2, 0) is 11.2 Å². The van der Waals surface area contributed by atoms with Crippen molar-refractivity contribution in [2.45, 2.75) is 18.9 Å². The molecule has 0 aliphatic carbocycles. The molecule has 0 saturated heterocycles. The van der Waals surface area contributed by atoms with Gasteiger partial charge in [-0.1, -0.05) is 44.0 Å². The Morgan fingerprint density at radius 3 is 2.59 bits per heavy atom. The first kappa shape index (κ1) is 14.5. The Morgan fingerprint density at radius 2 is 2.06 bits per heavy atom. The summed E-state index contributed by atoms with van der Waals surface area (Å²) in [5.74, 6) is 0.121. The molecule has 5 heteroatoms. The number of halogens is 2. The van der Waals surface area contributed by atoms with E-state index in [0.717, 1.165) is 5.56 Å². The number of amides is 1. The molecule has 0 radical (unpaired) electrons. The summed E-state index contributed by atoms with van der Waals surface area (Å²) in [6, 6.07) is 6.73.